The Morgan fingerprint density at radius 3 is 2.80 bits per heavy atom. The first-order chi connectivity index (χ1) is 9.57. The second kappa shape index (κ2) is 6.24. The lowest BCUT2D eigenvalue weighted by molar-refractivity contribution is -0.136. The third-order valence-corrected chi connectivity index (χ3v) is 4.93. The van der Waals surface area contributed by atoms with Crippen LogP contribution in [-0.2, 0) is 9.53 Å². The minimum Gasteiger partial charge on any atom is -0.383 e. The van der Waals surface area contributed by atoms with E-state index in [4.69, 9.17) is 4.74 Å². The van der Waals surface area contributed by atoms with Crippen molar-refractivity contribution in [3.05, 3.63) is 22.4 Å². The van der Waals surface area contributed by atoms with Crippen LogP contribution in [0, 0.1) is 0 Å². The molecule has 2 rings (SSSR count). The van der Waals surface area contributed by atoms with Gasteiger partial charge in [0.2, 0.25) is 5.91 Å². The zero-order valence-electron chi connectivity index (χ0n) is 12.7. The molecule has 3 atom stereocenters. The molecular weight excluding hydrogens is 272 g/mol. The first-order valence-corrected chi connectivity index (χ1v) is 8.13. The fraction of sp³-hybridized carbons (Fsp3) is 0.667. The van der Waals surface area contributed by atoms with Gasteiger partial charge in [-0.05, 0) is 42.2 Å². The van der Waals surface area contributed by atoms with E-state index in [-0.39, 0.29) is 18.1 Å². The van der Waals surface area contributed by atoms with Gasteiger partial charge in [-0.2, -0.15) is 11.3 Å². The van der Waals surface area contributed by atoms with Crippen LogP contribution >= 0.6 is 11.3 Å². The predicted octanol–water partition coefficient (Wildman–Crippen LogP) is 2.77. The Balaban J connectivity index is 2.35. The van der Waals surface area contributed by atoms with E-state index in [1.165, 1.54) is 0 Å². The second-order valence-corrected chi connectivity index (χ2v) is 6.30. The van der Waals surface area contributed by atoms with Gasteiger partial charge < -0.3 is 9.64 Å². The highest BCUT2D eigenvalue weighted by atomic mass is 32.1. The molecule has 0 bridgehead atoms. The summed E-state index contributed by atoms with van der Waals surface area (Å²) in [6.45, 7) is 6.72. The summed E-state index contributed by atoms with van der Waals surface area (Å²) in [7, 11) is 1.69. The van der Waals surface area contributed by atoms with Gasteiger partial charge >= 0.3 is 0 Å². The number of thiophene rings is 1. The molecule has 0 aliphatic carbocycles. The molecule has 1 aromatic heterocycles. The summed E-state index contributed by atoms with van der Waals surface area (Å²) in [6.07, 6.45) is 1.63. The monoisotopic (exact) mass is 296 g/mol. The number of rotatable bonds is 6. The lowest BCUT2D eigenvalue weighted by Gasteiger charge is -2.31. The molecule has 3 unspecified atom stereocenters. The van der Waals surface area contributed by atoms with Gasteiger partial charge in [-0.3, -0.25) is 10.1 Å². The van der Waals surface area contributed by atoms with Gasteiger partial charge in [0.05, 0.1) is 18.2 Å². The number of hydrogen-bond acceptors (Lipinski definition) is 4. The molecule has 1 N–H and O–H groups in total. The molecule has 4 nitrogen and oxygen atoms in total. The smallest absolute Gasteiger partial charge is 0.244 e. The predicted molar refractivity (Wildman–Crippen MR) is 81.7 cm³/mol. The summed E-state index contributed by atoms with van der Waals surface area (Å²) in [5.74, 6) is 0.181. The highest BCUT2D eigenvalue weighted by Crippen LogP contribution is 2.35. The van der Waals surface area contributed by atoms with E-state index in [1.807, 2.05) is 11.8 Å². The SMILES string of the molecule is CCC(COC)N1C(=O)C(C)(CC)NC1c1ccsc1. The summed E-state index contributed by atoms with van der Waals surface area (Å²) >= 11 is 1.66. The van der Waals surface area contributed by atoms with Crippen molar-refractivity contribution in [2.75, 3.05) is 13.7 Å². The molecule has 112 valence electrons. The van der Waals surface area contributed by atoms with Crippen molar-refractivity contribution >= 4 is 17.2 Å². The van der Waals surface area contributed by atoms with Crippen LogP contribution in [0.25, 0.3) is 0 Å². The minimum absolute atomic E-state index is 0.0428. The molecule has 1 aliphatic rings. The number of nitrogens with one attached hydrogen (secondary N) is 1. The summed E-state index contributed by atoms with van der Waals surface area (Å²) in [5.41, 5.74) is 0.684. The van der Waals surface area contributed by atoms with E-state index in [9.17, 15) is 4.79 Å². The molecule has 1 aromatic rings. The second-order valence-electron chi connectivity index (χ2n) is 5.52. The highest BCUT2D eigenvalue weighted by Gasteiger charge is 2.49. The van der Waals surface area contributed by atoms with E-state index in [0.717, 1.165) is 18.4 Å². The first-order valence-electron chi connectivity index (χ1n) is 7.18. The van der Waals surface area contributed by atoms with Crippen molar-refractivity contribution in [3.8, 4) is 0 Å². The van der Waals surface area contributed by atoms with Crippen LogP contribution in [0.3, 0.4) is 0 Å². The number of carbonyl (C=O) groups is 1. The molecular formula is C15H24N2O2S. The third-order valence-electron chi connectivity index (χ3n) is 4.23. The average Bonchev–Trinajstić information content (AvgIpc) is 3.05. The fourth-order valence-corrected chi connectivity index (χ4v) is 3.41. The Hall–Kier alpha value is -0.910. The molecule has 5 heteroatoms. The summed E-state index contributed by atoms with van der Waals surface area (Å²) in [5, 5.41) is 7.68. The Kier molecular flexibility index (Phi) is 4.83. The van der Waals surface area contributed by atoms with E-state index in [1.54, 1.807) is 18.4 Å². The third kappa shape index (κ3) is 2.62. The summed E-state index contributed by atoms with van der Waals surface area (Å²) in [6, 6.07) is 2.20. The van der Waals surface area contributed by atoms with Crippen molar-refractivity contribution in [3.63, 3.8) is 0 Å². The number of hydrogen-bond donors (Lipinski definition) is 1. The maximum atomic E-state index is 12.9. The molecule has 1 aliphatic heterocycles. The lowest BCUT2D eigenvalue weighted by atomic mass is 9.99. The van der Waals surface area contributed by atoms with Crippen LogP contribution in [0.5, 0.6) is 0 Å². The molecule has 2 heterocycles. The van der Waals surface area contributed by atoms with Gasteiger partial charge in [-0.1, -0.05) is 13.8 Å². The quantitative estimate of drug-likeness (QED) is 0.877. The molecule has 0 aromatic carbocycles. The number of amides is 1. The van der Waals surface area contributed by atoms with E-state index in [2.05, 4.69) is 36.0 Å². The van der Waals surface area contributed by atoms with Crippen LogP contribution < -0.4 is 5.32 Å². The Labute approximate surface area is 125 Å². The number of carbonyl (C=O) groups excluding carboxylic acids is 1. The van der Waals surface area contributed by atoms with Crippen LogP contribution in [0.1, 0.15) is 45.3 Å². The summed E-state index contributed by atoms with van der Waals surface area (Å²) < 4.78 is 5.30. The Morgan fingerprint density at radius 1 is 1.55 bits per heavy atom. The van der Waals surface area contributed by atoms with Crippen molar-refractivity contribution in [2.45, 2.75) is 51.4 Å². The molecule has 1 amide bonds. The van der Waals surface area contributed by atoms with Crippen molar-refractivity contribution in [1.29, 1.82) is 0 Å². The van der Waals surface area contributed by atoms with Gasteiger partial charge in [0, 0.05) is 7.11 Å². The average molecular weight is 296 g/mol. The van der Waals surface area contributed by atoms with Gasteiger partial charge in [-0.25, -0.2) is 0 Å². The van der Waals surface area contributed by atoms with E-state index in [0.29, 0.717) is 6.61 Å². The Bertz CT molecular complexity index is 449. The molecule has 0 saturated carbocycles. The maximum absolute atomic E-state index is 12.9. The van der Waals surface area contributed by atoms with E-state index >= 15 is 0 Å². The first kappa shape index (κ1) is 15.5. The van der Waals surface area contributed by atoms with E-state index < -0.39 is 5.54 Å². The fourth-order valence-electron chi connectivity index (χ4n) is 2.73. The zero-order chi connectivity index (χ0) is 14.8. The van der Waals surface area contributed by atoms with Gasteiger partial charge in [-0.15, -0.1) is 0 Å². The summed E-state index contributed by atoms with van der Waals surface area (Å²) in [4.78, 5) is 14.8. The van der Waals surface area contributed by atoms with Crippen molar-refractivity contribution in [1.82, 2.24) is 10.2 Å². The van der Waals surface area contributed by atoms with Crippen LogP contribution in [0.4, 0.5) is 0 Å². The van der Waals surface area contributed by atoms with Crippen molar-refractivity contribution < 1.29 is 9.53 Å². The molecule has 1 fully saturated rings. The number of ether oxygens (including phenoxy) is 1. The van der Waals surface area contributed by atoms with Gasteiger partial charge in [0.1, 0.15) is 6.17 Å². The molecule has 0 spiro atoms. The van der Waals surface area contributed by atoms with Crippen LogP contribution in [0.15, 0.2) is 16.8 Å². The minimum atomic E-state index is -0.478. The highest BCUT2D eigenvalue weighted by molar-refractivity contribution is 7.07. The lowest BCUT2D eigenvalue weighted by Crippen LogP contribution is -2.45. The van der Waals surface area contributed by atoms with Gasteiger partial charge in [0.15, 0.2) is 0 Å². The number of nitrogens with zero attached hydrogens (tertiary/aromatic N) is 1. The van der Waals surface area contributed by atoms with Crippen LogP contribution in [-0.4, -0.2) is 36.1 Å². The molecule has 1 saturated heterocycles. The standard InChI is InChI=1S/C15H24N2O2S/c1-5-12(9-19-4)17-13(11-7-8-20-10-11)16-15(3,6-2)14(17)18/h7-8,10,12-13,16H,5-6,9H2,1-4H3. The Morgan fingerprint density at radius 2 is 2.30 bits per heavy atom. The van der Waals surface area contributed by atoms with Crippen molar-refractivity contribution in [2.24, 2.45) is 0 Å². The zero-order valence-corrected chi connectivity index (χ0v) is 13.5. The molecule has 20 heavy (non-hydrogen) atoms. The van der Waals surface area contributed by atoms with Gasteiger partial charge in [0.25, 0.3) is 0 Å². The largest absolute Gasteiger partial charge is 0.383 e. The normalized spacial score (nSPS) is 28.1. The number of methoxy groups -OCH3 is 1. The van der Waals surface area contributed by atoms with Crippen LogP contribution in [0.2, 0.25) is 0 Å². The maximum Gasteiger partial charge on any atom is 0.244 e. The topological polar surface area (TPSA) is 41.6 Å². The molecule has 0 radical (unpaired) electrons.